The van der Waals surface area contributed by atoms with Crippen LogP contribution in [0.5, 0.6) is 23.0 Å². The van der Waals surface area contributed by atoms with Crippen molar-refractivity contribution in [3.8, 4) is 43.9 Å². The van der Waals surface area contributed by atoms with E-state index in [1.807, 2.05) is 110 Å². The van der Waals surface area contributed by atoms with Crippen molar-refractivity contribution in [2.24, 2.45) is 0 Å². The fourth-order valence-corrected chi connectivity index (χ4v) is 7.55. The zero-order chi connectivity index (χ0) is 39.0. The normalized spacial score (nSPS) is 11.5. The summed E-state index contributed by atoms with van der Waals surface area (Å²) in [7, 11) is 3.26. The highest BCUT2D eigenvalue weighted by molar-refractivity contribution is 7.13. The first-order chi connectivity index (χ1) is 27.3. The third kappa shape index (κ3) is 8.96. The Balaban J connectivity index is 0.000000172. The number of methoxy groups -OCH3 is 2. The molecule has 0 spiro atoms. The molecule has 6 aromatic heterocycles. The number of pyridine rings is 4. The van der Waals surface area contributed by atoms with Gasteiger partial charge in [0, 0.05) is 75.8 Å². The lowest BCUT2D eigenvalue weighted by molar-refractivity contribution is 0.200. The molecule has 8 aromatic rings. The molecule has 2 aromatic carbocycles. The lowest BCUT2D eigenvalue weighted by atomic mass is 10.2. The van der Waals surface area contributed by atoms with E-state index >= 15 is 0 Å². The molecule has 56 heavy (non-hydrogen) atoms. The minimum Gasteiger partial charge on any atom is -0.497 e. The van der Waals surface area contributed by atoms with Crippen molar-refractivity contribution in [2.45, 2.75) is 33.0 Å². The molecule has 1 atom stereocenters. The van der Waals surface area contributed by atoms with Crippen molar-refractivity contribution in [3.05, 3.63) is 148 Å². The molecule has 8 rings (SSSR count). The van der Waals surface area contributed by atoms with Crippen LogP contribution in [0.2, 0.25) is 0 Å². The van der Waals surface area contributed by atoms with Crippen molar-refractivity contribution < 1.29 is 18.9 Å². The number of fused-ring (bicyclic) bond motifs is 2. The van der Waals surface area contributed by atoms with Crippen molar-refractivity contribution in [3.63, 3.8) is 0 Å². The summed E-state index contributed by atoms with van der Waals surface area (Å²) in [6.45, 7) is 5.19. The lowest BCUT2D eigenvalue weighted by Gasteiger charge is -2.18. The summed E-state index contributed by atoms with van der Waals surface area (Å²) in [6.07, 6.45) is 6.98. The molecule has 0 aliphatic carbocycles. The lowest BCUT2D eigenvalue weighted by Crippen LogP contribution is -2.27. The van der Waals surface area contributed by atoms with Crippen molar-refractivity contribution in [1.29, 1.82) is 0 Å². The van der Waals surface area contributed by atoms with Crippen LogP contribution in [0.15, 0.2) is 131 Å². The van der Waals surface area contributed by atoms with Gasteiger partial charge in [0.1, 0.15) is 35.7 Å². The minimum absolute atomic E-state index is 0.0416. The molecule has 13 heteroatoms. The van der Waals surface area contributed by atoms with Gasteiger partial charge in [0.15, 0.2) is 0 Å². The van der Waals surface area contributed by atoms with Gasteiger partial charge in [-0.3, -0.25) is 19.6 Å². The largest absolute Gasteiger partial charge is 0.497 e. The van der Waals surface area contributed by atoms with E-state index in [0.717, 1.165) is 71.4 Å². The van der Waals surface area contributed by atoms with Crippen LogP contribution in [0.3, 0.4) is 0 Å². The highest BCUT2D eigenvalue weighted by Gasteiger charge is 2.12. The summed E-state index contributed by atoms with van der Waals surface area (Å²) in [4.78, 5) is 35.4. The number of nitrogens with zero attached hydrogens (tertiary/aromatic N) is 5. The molecule has 1 unspecified atom stereocenters. The first-order valence-corrected chi connectivity index (χ1v) is 19.5. The molecule has 11 nitrogen and oxygen atoms in total. The topological polar surface area (TPSA) is 120 Å². The summed E-state index contributed by atoms with van der Waals surface area (Å²) < 4.78 is 30.3. The van der Waals surface area contributed by atoms with Crippen LogP contribution in [0.4, 0.5) is 0 Å². The van der Waals surface area contributed by atoms with Crippen LogP contribution in [-0.2, 0) is 13.1 Å². The Hall–Kier alpha value is -6.31. The van der Waals surface area contributed by atoms with E-state index in [2.05, 4.69) is 14.3 Å². The summed E-state index contributed by atoms with van der Waals surface area (Å²) in [6, 6.07) is 28.0. The number of rotatable bonds is 12. The molecule has 0 amide bonds. The zero-order valence-electron chi connectivity index (χ0n) is 31.2. The average molecular weight is 786 g/mol. The molecule has 284 valence electrons. The predicted octanol–water partition coefficient (Wildman–Crippen LogP) is 8.52. The fraction of sp³-hybridized carbons (Fsp3) is 0.186. The Morgan fingerprint density at radius 1 is 0.714 bits per heavy atom. The third-order valence-corrected chi connectivity index (χ3v) is 10.7. The number of aryl methyl sites for hydroxylation is 1. The van der Waals surface area contributed by atoms with Gasteiger partial charge in [-0.1, -0.05) is 6.07 Å². The van der Waals surface area contributed by atoms with Gasteiger partial charge >= 0.3 is 0 Å². The maximum atomic E-state index is 12.3. The van der Waals surface area contributed by atoms with Crippen LogP contribution in [-0.4, -0.2) is 50.4 Å². The van der Waals surface area contributed by atoms with E-state index < -0.39 is 0 Å². The standard InChI is InChI=1S/C22H20N2O3S.C21H19N3O3S/c1-15(13-24-14-16(5-8-22(24)25)21-4-3-11-28-21)27-20-9-10-23-19-12-17(26-2)6-7-18(19)20;1-14-11-20(28-23-14)15-3-6-21(25)24(13-15)9-10-27-19-7-8-22-18-12-16(26-2)4-5-17(18)19/h3-12,14-15H,13H2,1-2H3;3-8,11-13H,9-10H2,1-2H3. The Kier molecular flexibility index (Phi) is 11.8. The van der Waals surface area contributed by atoms with E-state index in [9.17, 15) is 9.59 Å². The van der Waals surface area contributed by atoms with Gasteiger partial charge in [0.25, 0.3) is 11.1 Å². The summed E-state index contributed by atoms with van der Waals surface area (Å²) >= 11 is 3.08. The molecule has 0 fully saturated rings. The van der Waals surface area contributed by atoms with Crippen LogP contribution in [0.25, 0.3) is 42.7 Å². The van der Waals surface area contributed by atoms with Gasteiger partial charge in [-0.2, -0.15) is 4.37 Å². The van der Waals surface area contributed by atoms with E-state index in [1.165, 1.54) is 11.5 Å². The van der Waals surface area contributed by atoms with E-state index in [-0.39, 0.29) is 17.2 Å². The van der Waals surface area contributed by atoms with Gasteiger partial charge in [-0.05, 0) is 91.4 Å². The quantitative estimate of drug-likeness (QED) is 0.120. The Morgan fingerprint density at radius 3 is 1.96 bits per heavy atom. The van der Waals surface area contributed by atoms with Crippen LogP contribution >= 0.6 is 22.9 Å². The average Bonchev–Trinajstić information content (AvgIpc) is 3.92. The molecule has 0 bridgehead atoms. The highest BCUT2D eigenvalue weighted by atomic mass is 32.1. The van der Waals surface area contributed by atoms with Crippen molar-refractivity contribution in [2.75, 3.05) is 20.8 Å². The molecule has 6 heterocycles. The number of benzene rings is 2. The van der Waals surface area contributed by atoms with Gasteiger partial charge in [-0.15, -0.1) is 11.3 Å². The summed E-state index contributed by atoms with van der Waals surface area (Å²) in [5, 5.41) is 3.85. The van der Waals surface area contributed by atoms with Crippen molar-refractivity contribution in [1.82, 2.24) is 23.5 Å². The molecule has 0 aliphatic heterocycles. The number of aromatic nitrogens is 5. The monoisotopic (exact) mass is 785 g/mol. The minimum atomic E-state index is -0.191. The Labute approximate surface area is 331 Å². The predicted molar refractivity (Wildman–Crippen MR) is 223 cm³/mol. The molecule has 0 N–H and O–H groups in total. The number of ether oxygens (including phenoxy) is 4. The highest BCUT2D eigenvalue weighted by Crippen LogP contribution is 2.30. The third-order valence-electron chi connectivity index (χ3n) is 8.88. The van der Waals surface area contributed by atoms with Crippen molar-refractivity contribution >= 4 is 44.7 Å². The maximum absolute atomic E-state index is 12.3. The van der Waals surface area contributed by atoms with Crippen LogP contribution in [0, 0.1) is 6.92 Å². The second-order valence-electron chi connectivity index (χ2n) is 12.8. The van der Waals surface area contributed by atoms with Crippen LogP contribution < -0.4 is 30.1 Å². The van der Waals surface area contributed by atoms with Gasteiger partial charge in [0.2, 0.25) is 0 Å². The molecule has 0 saturated carbocycles. The molecular weight excluding hydrogens is 747 g/mol. The number of hydrogen-bond acceptors (Lipinski definition) is 11. The maximum Gasteiger partial charge on any atom is 0.250 e. The van der Waals surface area contributed by atoms with E-state index in [4.69, 9.17) is 18.9 Å². The molecular formula is C43H39N5O6S2. The smallest absolute Gasteiger partial charge is 0.250 e. The second-order valence-corrected chi connectivity index (χ2v) is 14.6. The summed E-state index contributed by atoms with van der Waals surface area (Å²) in [5.74, 6) is 2.97. The van der Waals surface area contributed by atoms with E-state index in [0.29, 0.717) is 19.7 Å². The Morgan fingerprint density at radius 2 is 1.34 bits per heavy atom. The zero-order valence-corrected chi connectivity index (χ0v) is 32.9. The molecule has 0 aliphatic rings. The first-order valence-electron chi connectivity index (χ1n) is 17.8. The number of thiophene rings is 1. The molecule has 0 saturated heterocycles. The number of hydrogen-bond donors (Lipinski definition) is 0. The second kappa shape index (κ2) is 17.4. The first kappa shape index (κ1) is 38.0. The van der Waals surface area contributed by atoms with Crippen LogP contribution in [0.1, 0.15) is 12.6 Å². The SMILES string of the molecule is COc1ccc2c(OC(C)Cn3cc(-c4cccs4)ccc3=O)ccnc2c1.COc1ccc2c(OCCn3cc(-c4cc(C)ns4)ccc3=O)ccnc2c1. The van der Waals surface area contributed by atoms with Gasteiger partial charge in [-0.25, -0.2) is 0 Å². The molecule has 0 radical (unpaired) electrons. The fourth-order valence-electron chi connectivity index (χ4n) is 6.08. The Bertz CT molecular complexity index is 2710. The van der Waals surface area contributed by atoms with Gasteiger partial charge < -0.3 is 28.1 Å². The van der Waals surface area contributed by atoms with Gasteiger partial charge in [0.05, 0.1) is 48.9 Å². The van der Waals surface area contributed by atoms with E-state index in [1.54, 1.807) is 59.2 Å². The summed E-state index contributed by atoms with van der Waals surface area (Å²) in [5.41, 5.74) is 4.49.